The first-order valence-corrected chi connectivity index (χ1v) is 8.04. The maximum atomic E-state index is 5.67. The molecule has 0 saturated carbocycles. The quantitative estimate of drug-likeness (QED) is 0.788. The molecule has 3 nitrogen and oxygen atoms in total. The Kier molecular flexibility index (Phi) is 5.88. The van der Waals surface area contributed by atoms with E-state index < -0.39 is 0 Å². The summed E-state index contributed by atoms with van der Waals surface area (Å²) in [4.78, 5) is 0. The minimum atomic E-state index is 0.195. The Morgan fingerprint density at radius 2 is 2.14 bits per heavy atom. The summed E-state index contributed by atoms with van der Waals surface area (Å²) in [6, 6.07) is 8.41. The van der Waals surface area contributed by atoms with Crippen molar-refractivity contribution < 1.29 is 9.15 Å². The van der Waals surface area contributed by atoms with E-state index in [1.807, 2.05) is 12.1 Å². The molecule has 0 amide bonds. The van der Waals surface area contributed by atoms with Crippen molar-refractivity contribution in [2.75, 3.05) is 13.7 Å². The minimum absolute atomic E-state index is 0.195. The van der Waals surface area contributed by atoms with Crippen LogP contribution in [-0.2, 0) is 6.42 Å². The van der Waals surface area contributed by atoms with Gasteiger partial charge >= 0.3 is 0 Å². The lowest BCUT2D eigenvalue weighted by Crippen LogP contribution is -2.24. The summed E-state index contributed by atoms with van der Waals surface area (Å²) in [6.45, 7) is 5.23. The molecule has 4 heteroatoms. The molecule has 0 aliphatic heterocycles. The molecule has 1 atom stereocenters. The van der Waals surface area contributed by atoms with E-state index >= 15 is 0 Å². The number of methoxy groups -OCH3 is 1. The summed E-state index contributed by atoms with van der Waals surface area (Å²) >= 11 is 3.54. The van der Waals surface area contributed by atoms with Gasteiger partial charge in [-0.1, -0.05) is 13.0 Å². The van der Waals surface area contributed by atoms with Gasteiger partial charge in [0.15, 0.2) is 0 Å². The maximum absolute atomic E-state index is 5.67. The van der Waals surface area contributed by atoms with Crippen LogP contribution in [0.4, 0.5) is 0 Å². The largest absolute Gasteiger partial charge is 0.496 e. The summed E-state index contributed by atoms with van der Waals surface area (Å²) < 4.78 is 11.9. The summed E-state index contributed by atoms with van der Waals surface area (Å²) in [6.07, 6.45) is 3.74. The fourth-order valence-corrected chi connectivity index (χ4v) is 2.98. The SMILES string of the molecule is CCCNC(Cc1ccc(OC)c(Br)c1)c1occc1C. The molecule has 2 aromatic rings. The van der Waals surface area contributed by atoms with Gasteiger partial charge in [0.25, 0.3) is 0 Å². The van der Waals surface area contributed by atoms with Gasteiger partial charge in [0.2, 0.25) is 0 Å². The molecule has 0 aliphatic rings. The molecule has 0 spiro atoms. The monoisotopic (exact) mass is 351 g/mol. The van der Waals surface area contributed by atoms with E-state index in [0.717, 1.165) is 35.4 Å². The third-order valence-electron chi connectivity index (χ3n) is 3.51. The van der Waals surface area contributed by atoms with E-state index in [1.165, 1.54) is 11.1 Å². The first-order valence-electron chi connectivity index (χ1n) is 7.25. The molecule has 0 fully saturated rings. The van der Waals surface area contributed by atoms with E-state index in [4.69, 9.17) is 9.15 Å². The Balaban J connectivity index is 2.18. The third-order valence-corrected chi connectivity index (χ3v) is 4.13. The molecule has 2 rings (SSSR count). The number of nitrogens with one attached hydrogen (secondary N) is 1. The number of aryl methyl sites for hydroxylation is 1. The Morgan fingerprint density at radius 1 is 1.33 bits per heavy atom. The Hall–Kier alpha value is -1.26. The summed E-state index contributed by atoms with van der Waals surface area (Å²) in [5, 5.41) is 3.57. The third kappa shape index (κ3) is 4.11. The second-order valence-corrected chi connectivity index (χ2v) is 6.00. The molecule has 1 N–H and O–H groups in total. The molecule has 114 valence electrons. The zero-order valence-corrected chi connectivity index (χ0v) is 14.4. The van der Waals surface area contributed by atoms with Crippen molar-refractivity contribution in [3.05, 3.63) is 51.9 Å². The van der Waals surface area contributed by atoms with E-state index in [0.29, 0.717) is 0 Å². The van der Waals surface area contributed by atoms with Crippen LogP contribution in [-0.4, -0.2) is 13.7 Å². The van der Waals surface area contributed by atoms with Gasteiger partial charge in [-0.3, -0.25) is 0 Å². The minimum Gasteiger partial charge on any atom is -0.496 e. The van der Waals surface area contributed by atoms with Gasteiger partial charge < -0.3 is 14.5 Å². The predicted octanol–water partition coefficient (Wildman–Crippen LogP) is 4.64. The van der Waals surface area contributed by atoms with Crippen LogP contribution < -0.4 is 10.1 Å². The Labute approximate surface area is 134 Å². The first-order chi connectivity index (χ1) is 10.2. The molecule has 1 aromatic carbocycles. The molecule has 0 radical (unpaired) electrons. The van der Waals surface area contributed by atoms with Crippen molar-refractivity contribution in [2.45, 2.75) is 32.7 Å². The van der Waals surface area contributed by atoms with Crippen LogP contribution in [0.1, 0.15) is 36.3 Å². The fraction of sp³-hybridized carbons (Fsp3) is 0.412. The Bertz CT molecular complexity index is 580. The lowest BCUT2D eigenvalue weighted by Gasteiger charge is -2.18. The van der Waals surface area contributed by atoms with Crippen molar-refractivity contribution in [1.82, 2.24) is 5.32 Å². The second-order valence-electron chi connectivity index (χ2n) is 5.15. The fourth-order valence-electron chi connectivity index (χ4n) is 2.39. The van der Waals surface area contributed by atoms with Crippen LogP contribution in [0.5, 0.6) is 5.75 Å². The van der Waals surface area contributed by atoms with Gasteiger partial charge in [0, 0.05) is 0 Å². The number of furan rings is 1. The smallest absolute Gasteiger partial charge is 0.133 e. The Morgan fingerprint density at radius 3 is 2.71 bits per heavy atom. The van der Waals surface area contributed by atoms with Gasteiger partial charge in [-0.2, -0.15) is 0 Å². The lowest BCUT2D eigenvalue weighted by molar-refractivity contribution is 0.405. The number of hydrogen-bond donors (Lipinski definition) is 1. The molecule has 0 saturated heterocycles. The molecule has 0 bridgehead atoms. The molecule has 1 aromatic heterocycles. The van der Waals surface area contributed by atoms with E-state index in [2.05, 4.69) is 47.2 Å². The average molecular weight is 352 g/mol. The van der Waals surface area contributed by atoms with Crippen LogP contribution in [0.25, 0.3) is 0 Å². The standard InChI is InChI=1S/C17H22BrNO2/c1-4-8-19-15(17-12(2)7-9-21-17)11-13-5-6-16(20-3)14(18)10-13/h5-7,9-10,15,19H,4,8,11H2,1-3H3. The van der Waals surface area contributed by atoms with Crippen molar-refractivity contribution in [2.24, 2.45) is 0 Å². The van der Waals surface area contributed by atoms with Gasteiger partial charge in [-0.25, -0.2) is 0 Å². The van der Waals surface area contributed by atoms with Crippen LogP contribution in [0.3, 0.4) is 0 Å². The van der Waals surface area contributed by atoms with Crippen molar-refractivity contribution >= 4 is 15.9 Å². The molecule has 21 heavy (non-hydrogen) atoms. The summed E-state index contributed by atoms with van der Waals surface area (Å²) in [7, 11) is 1.68. The summed E-state index contributed by atoms with van der Waals surface area (Å²) in [5.41, 5.74) is 2.43. The van der Waals surface area contributed by atoms with Crippen LogP contribution in [0, 0.1) is 6.92 Å². The maximum Gasteiger partial charge on any atom is 0.133 e. The van der Waals surface area contributed by atoms with Crippen molar-refractivity contribution in [3.8, 4) is 5.75 Å². The lowest BCUT2D eigenvalue weighted by atomic mass is 10.0. The van der Waals surface area contributed by atoms with Crippen LogP contribution in [0.2, 0.25) is 0 Å². The van der Waals surface area contributed by atoms with Gasteiger partial charge in [-0.05, 0) is 71.6 Å². The highest BCUT2D eigenvalue weighted by atomic mass is 79.9. The number of ether oxygens (including phenoxy) is 1. The predicted molar refractivity (Wildman–Crippen MR) is 88.9 cm³/mol. The van der Waals surface area contributed by atoms with Crippen LogP contribution >= 0.6 is 15.9 Å². The van der Waals surface area contributed by atoms with E-state index in [-0.39, 0.29) is 6.04 Å². The number of rotatable bonds is 7. The van der Waals surface area contributed by atoms with Gasteiger partial charge in [0.1, 0.15) is 11.5 Å². The average Bonchev–Trinajstić information content (AvgIpc) is 2.90. The normalized spacial score (nSPS) is 12.4. The highest BCUT2D eigenvalue weighted by Crippen LogP contribution is 2.28. The molecular weight excluding hydrogens is 330 g/mol. The highest BCUT2D eigenvalue weighted by Gasteiger charge is 2.17. The number of hydrogen-bond acceptors (Lipinski definition) is 3. The molecule has 0 aliphatic carbocycles. The number of halogens is 1. The zero-order valence-electron chi connectivity index (χ0n) is 12.8. The van der Waals surface area contributed by atoms with Crippen LogP contribution in [0.15, 0.2) is 39.4 Å². The first kappa shape index (κ1) is 16.1. The van der Waals surface area contributed by atoms with Crippen molar-refractivity contribution in [1.29, 1.82) is 0 Å². The van der Waals surface area contributed by atoms with Crippen molar-refractivity contribution in [3.63, 3.8) is 0 Å². The second kappa shape index (κ2) is 7.66. The van der Waals surface area contributed by atoms with E-state index in [9.17, 15) is 0 Å². The molecule has 1 heterocycles. The molecular formula is C17H22BrNO2. The van der Waals surface area contributed by atoms with E-state index in [1.54, 1.807) is 13.4 Å². The topological polar surface area (TPSA) is 34.4 Å². The van der Waals surface area contributed by atoms with Gasteiger partial charge in [-0.15, -0.1) is 0 Å². The highest BCUT2D eigenvalue weighted by molar-refractivity contribution is 9.10. The summed E-state index contributed by atoms with van der Waals surface area (Å²) in [5.74, 6) is 1.88. The molecule has 1 unspecified atom stereocenters. The van der Waals surface area contributed by atoms with Gasteiger partial charge in [0.05, 0.1) is 23.9 Å². The number of benzene rings is 1. The zero-order chi connectivity index (χ0) is 15.2.